The molecule has 4 N–H and O–H groups in total. The summed E-state index contributed by atoms with van der Waals surface area (Å²) in [6.07, 6.45) is -4.53. The minimum Gasteiger partial charge on any atom is -0.368 e. The Hall–Kier alpha value is -2.56. The van der Waals surface area contributed by atoms with E-state index in [4.69, 9.17) is 5.14 Å². The predicted molar refractivity (Wildman–Crippen MR) is 105 cm³/mol. The van der Waals surface area contributed by atoms with Crippen LogP contribution in [0.5, 0.6) is 0 Å². The van der Waals surface area contributed by atoms with E-state index in [1.165, 1.54) is 10.6 Å². The number of fused-ring (bicyclic) bond motifs is 1. The van der Waals surface area contributed by atoms with Crippen molar-refractivity contribution in [2.75, 3.05) is 18.4 Å². The van der Waals surface area contributed by atoms with Crippen molar-refractivity contribution >= 4 is 28.9 Å². The summed E-state index contributed by atoms with van der Waals surface area (Å²) in [5, 5.41) is 8.67. The number of hydrogen-bond donors (Lipinski definition) is 3. The molecular weight excluding hydrogens is 391 g/mol. The Morgan fingerprint density at radius 3 is 2.61 bits per heavy atom. The molecule has 0 bridgehead atoms. The molecule has 0 unspecified atom stereocenters. The number of anilines is 1. The van der Waals surface area contributed by atoms with Gasteiger partial charge in [-0.15, -0.1) is 0 Å². The number of nitrogens with one attached hydrogen (secondary N) is 2. The Labute approximate surface area is 163 Å². The molecule has 1 heterocycles. The van der Waals surface area contributed by atoms with Crippen LogP contribution in [0.15, 0.2) is 47.3 Å². The van der Waals surface area contributed by atoms with Crippen LogP contribution in [-0.4, -0.2) is 22.6 Å². The lowest BCUT2D eigenvalue weighted by molar-refractivity contribution is -0.137. The maximum Gasteiger partial charge on any atom is 0.416 e. The van der Waals surface area contributed by atoms with E-state index in [1.807, 2.05) is 0 Å². The van der Waals surface area contributed by atoms with Crippen molar-refractivity contribution in [3.05, 3.63) is 64.1 Å². The van der Waals surface area contributed by atoms with Gasteiger partial charge in [-0.05, 0) is 36.8 Å². The molecular formula is C18H18F3N5OS. The number of alkyl halides is 3. The zero-order chi connectivity index (χ0) is 20.3. The molecule has 0 aliphatic carbocycles. The average molecular weight is 409 g/mol. The Kier molecular flexibility index (Phi) is 5.92. The molecule has 0 saturated carbocycles. The Bertz CT molecular complexity index is 1050. The second-order valence-corrected chi connectivity index (χ2v) is 6.56. The highest BCUT2D eigenvalue weighted by Gasteiger charge is 2.31. The molecule has 6 nitrogen and oxygen atoms in total. The summed E-state index contributed by atoms with van der Waals surface area (Å²) >= 11 is 0.948. The van der Waals surface area contributed by atoms with Gasteiger partial charge >= 0.3 is 11.9 Å². The van der Waals surface area contributed by atoms with Crippen LogP contribution >= 0.6 is 12.1 Å². The van der Waals surface area contributed by atoms with Gasteiger partial charge in [-0.2, -0.15) is 18.2 Å². The van der Waals surface area contributed by atoms with Gasteiger partial charge in [0.25, 0.3) is 0 Å². The third-order valence-corrected chi connectivity index (χ3v) is 4.55. The molecule has 0 spiro atoms. The fraction of sp³-hybridized carbons (Fsp3) is 0.222. The van der Waals surface area contributed by atoms with Gasteiger partial charge in [0.05, 0.1) is 16.8 Å². The number of aryl methyl sites for hydroxylation is 1. The standard InChI is InChI=1S/C18H18F3N5OS/c1-11-4-2-3-5-14(11)26-15-10-12(18(19,20)21)6-7-13(15)16(25-17(26)27)23-8-9-24-28-22/h2-7,10,24H,8-9,22H2,1H3,(H,23,25,27). The van der Waals surface area contributed by atoms with Gasteiger partial charge in [0.2, 0.25) is 0 Å². The maximum absolute atomic E-state index is 13.3. The largest absolute Gasteiger partial charge is 0.416 e. The highest BCUT2D eigenvalue weighted by molar-refractivity contribution is 7.95. The van der Waals surface area contributed by atoms with Crippen LogP contribution in [0, 0.1) is 6.92 Å². The maximum atomic E-state index is 13.3. The van der Waals surface area contributed by atoms with Crippen LogP contribution in [0.4, 0.5) is 19.0 Å². The minimum atomic E-state index is -4.53. The molecule has 0 atom stereocenters. The van der Waals surface area contributed by atoms with E-state index < -0.39 is 17.4 Å². The van der Waals surface area contributed by atoms with Crippen LogP contribution in [-0.2, 0) is 6.18 Å². The molecule has 2 aromatic carbocycles. The van der Waals surface area contributed by atoms with E-state index >= 15 is 0 Å². The van der Waals surface area contributed by atoms with E-state index in [0.29, 0.717) is 24.2 Å². The number of nitrogens with zero attached hydrogens (tertiary/aromatic N) is 2. The zero-order valence-corrected chi connectivity index (χ0v) is 15.7. The van der Waals surface area contributed by atoms with Crippen LogP contribution in [0.1, 0.15) is 11.1 Å². The van der Waals surface area contributed by atoms with Gasteiger partial charge in [-0.25, -0.2) is 9.52 Å². The van der Waals surface area contributed by atoms with Gasteiger partial charge in [-0.1, -0.05) is 18.2 Å². The smallest absolute Gasteiger partial charge is 0.368 e. The summed E-state index contributed by atoms with van der Waals surface area (Å²) in [6.45, 7) is 2.65. The molecule has 0 amide bonds. The third kappa shape index (κ3) is 4.13. The molecule has 28 heavy (non-hydrogen) atoms. The average Bonchev–Trinajstić information content (AvgIpc) is 2.65. The summed E-state index contributed by atoms with van der Waals surface area (Å²) in [7, 11) is 0. The fourth-order valence-electron chi connectivity index (χ4n) is 2.87. The summed E-state index contributed by atoms with van der Waals surface area (Å²) < 4.78 is 43.9. The van der Waals surface area contributed by atoms with Crippen molar-refractivity contribution in [2.45, 2.75) is 13.1 Å². The van der Waals surface area contributed by atoms with E-state index in [2.05, 4.69) is 15.0 Å². The second-order valence-electron chi connectivity index (χ2n) is 6.03. The number of benzene rings is 2. The minimum absolute atomic E-state index is 0.132. The highest BCUT2D eigenvalue weighted by atomic mass is 32.2. The Morgan fingerprint density at radius 2 is 1.93 bits per heavy atom. The van der Waals surface area contributed by atoms with E-state index in [0.717, 1.165) is 29.8 Å². The number of rotatable bonds is 6. The topological polar surface area (TPSA) is 85.0 Å². The van der Waals surface area contributed by atoms with E-state index in [9.17, 15) is 18.0 Å². The summed E-state index contributed by atoms with van der Waals surface area (Å²) in [4.78, 5) is 16.8. The zero-order valence-electron chi connectivity index (χ0n) is 14.9. The normalized spacial score (nSPS) is 11.8. The van der Waals surface area contributed by atoms with Gasteiger partial charge in [0.1, 0.15) is 5.82 Å². The van der Waals surface area contributed by atoms with Crippen molar-refractivity contribution in [1.29, 1.82) is 0 Å². The first-order valence-corrected chi connectivity index (χ1v) is 9.23. The van der Waals surface area contributed by atoms with Crippen molar-refractivity contribution in [3.8, 4) is 5.69 Å². The molecule has 10 heteroatoms. The lowest BCUT2D eigenvalue weighted by Gasteiger charge is -2.17. The molecule has 148 valence electrons. The lowest BCUT2D eigenvalue weighted by Crippen LogP contribution is -2.26. The quantitative estimate of drug-likeness (QED) is 0.428. The second kappa shape index (κ2) is 8.21. The van der Waals surface area contributed by atoms with E-state index in [1.54, 1.807) is 31.2 Å². The first-order valence-electron chi connectivity index (χ1n) is 8.35. The molecule has 0 radical (unpaired) electrons. The molecule has 1 aromatic heterocycles. The van der Waals surface area contributed by atoms with Crippen molar-refractivity contribution < 1.29 is 13.2 Å². The SMILES string of the molecule is Cc1ccccc1-n1c(=O)nc(NCCNSN)c2ccc(C(F)(F)F)cc21. The van der Waals surface area contributed by atoms with Gasteiger partial charge < -0.3 is 5.32 Å². The number of aromatic nitrogens is 2. The van der Waals surface area contributed by atoms with Crippen LogP contribution in [0.2, 0.25) is 0 Å². The van der Waals surface area contributed by atoms with Crippen LogP contribution in [0.3, 0.4) is 0 Å². The molecule has 0 fully saturated rings. The van der Waals surface area contributed by atoms with Crippen molar-refractivity contribution in [2.24, 2.45) is 5.14 Å². The fourth-order valence-corrected chi connectivity index (χ4v) is 3.09. The van der Waals surface area contributed by atoms with Crippen molar-refractivity contribution in [3.63, 3.8) is 0 Å². The molecule has 3 aromatic rings. The molecule has 0 saturated heterocycles. The van der Waals surface area contributed by atoms with Crippen LogP contribution in [0.25, 0.3) is 16.6 Å². The third-order valence-electron chi connectivity index (χ3n) is 4.18. The van der Waals surface area contributed by atoms with Crippen molar-refractivity contribution in [1.82, 2.24) is 14.3 Å². The molecule has 0 aliphatic rings. The number of hydrogen-bond acceptors (Lipinski definition) is 6. The van der Waals surface area contributed by atoms with E-state index in [-0.39, 0.29) is 11.3 Å². The number of nitrogens with two attached hydrogens (primary N) is 1. The lowest BCUT2D eigenvalue weighted by atomic mass is 10.1. The summed E-state index contributed by atoms with van der Waals surface area (Å²) in [5.41, 5.74) is -0.135. The molecule has 0 aliphatic heterocycles. The first-order chi connectivity index (χ1) is 13.3. The Balaban J connectivity index is 2.23. The summed E-state index contributed by atoms with van der Waals surface area (Å²) in [5.74, 6) is 0.224. The Morgan fingerprint density at radius 1 is 1.18 bits per heavy atom. The monoisotopic (exact) mass is 409 g/mol. The van der Waals surface area contributed by atoms with Gasteiger partial charge in [-0.3, -0.25) is 9.71 Å². The number of halogens is 3. The summed E-state index contributed by atoms with van der Waals surface area (Å²) in [6, 6.07) is 10.2. The predicted octanol–water partition coefficient (Wildman–Crippen LogP) is 3.24. The van der Waals surface area contributed by atoms with Gasteiger partial charge in [0, 0.05) is 30.6 Å². The first kappa shape index (κ1) is 20.2. The number of para-hydroxylation sites is 1. The van der Waals surface area contributed by atoms with Crippen LogP contribution < -0.4 is 20.9 Å². The molecule has 3 rings (SSSR count). The highest BCUT2D eigenvalue weighted by Crippen LogP contribution is 2.33. The van der Waals surface area contributed by atoms with Gasteiger partial charge in [0.15, 0.2) is 0 Å².